The smallest absolute Gasteiger partial charge is 0.203 e. The van der Waals surface area contributed by atoms with Crippen molar-refractivity contribution < 1.29 is 9.47 Å². The average Bonchev–Trinajstić information content (AvgIpc) is 2.85. The lowest BCUT2D eigenvalue weighted by molar-refractivity contribution is 0.392. The fraction of sp³-hybridized carbons (Fsp3) is 0.400. The van der Waals surface area contributed by atoms with Gasteiger partial charge in [-0.25, -0.2) is 4.98 Å². The Bertz CT molecular complexity index is 622. The lowest BCUT2D eigenvalue weighted by Gasteiger charge is -2.27. The zero-order valence-corrected chi connectivity index (χ0v) is 12.0. The number of nitrogens with one attached hydrogen (secondary N) is 1. The van der Waals surface area contributed by atoms with E-state index >= 15 is 0 Å². The van der Waals surface area contributed by atoms with E-state index in [0.717, 1.165) is 41.7 Å². The minimum absolute atomic E-state index is 0.189. The van der Waals surface area contributed by atoms with Crippen LogP contribution in [0, 0.1) is 6.92 Å². The maximum Gasteiger partial charge on any atom is 0.203 e. The van der Waals surface area contributed by atoms with Crippen LogP contribution in [-0.4, -0.2) is 23.8 Å². The van der Waals surface area contributed by atoms with Crippen LogP contribution in [0.25, 0.3) is 0 Å². The second kappa shape index (κ2) is 5.07. The molecule has 0 spiro atoms. The van der Waals surface area contributed by atoms with Gasteiger partial charge in [-0.15, -0.1) is 0 Å². The molecule has 0 saturated carbocycles. The fourth-order valence-electron chi connectivity index (χ4n) is 2.67. The summed E-state index contributed by atoms with van der Waals surface area (Å²) in [6.45, 7) is 2.96. The number of hydrogen-bond acceptors (Lipinski definition) is 4. The average molecular weight is 273 g/mol. The van der Waals surface area contributed by atoms with Gasteiger partial charge in [0, 0.05) is 18.3 Å². The van der Waals surface area contributed by atoms with Crippen LogP contribution in [0.1, 0.15) is 23.7 Å². The topological polar surface area (TPSA) is 48.3 Å². The highest BCUT2D eigenvalue weighted by molar-refractivity contribution is 5.46. The Morgan fingerprint density at radius 2 is 2.15 bits per heavy atom. The third-order valence-electron chi connectivity index (χ3n) is 3.67. The summed E-state index contributed by atoms with van der Waals surface area (Å²) in [6.07, 6.45) is 3.06. The van der Waals surface area contributed by atoms with Gasteiger partial charge in [-0.3, -0.25) is 0 Å². The van der Waals surface area contributed by atoms with Gasteiger partial charge in [0.1, 0.15) is 11.5 Å². The molecular formula is C15H19N3O2. The van der Waals surface area contributed by atoms with E-state index in [1.165, 1.54) is 0 Å². The van der Waals surface area contributed by atoms with Crippen molar-refractivity contribution in [3.05, 3.63) is 35.7 Å². The first-order valence-corrected chi connectivity index (χ1v) is 6.73. The number of imidazole rings is 1. The number of anilines is 1. The maximum atomic E-state index is 5.47. The Morgan fingerprint density at radius 1 is 1.30 bits per heavy atom. The van der Waals surface area contributed by atoms with Crippen LogP contribution in [0.3, 0.4) is 0 Å². The number of ether oxygens (including phenoxy) is 2. The number of methoxy groups -OCH3 is 2. The quantitative estimate of drug-likeness (QED) is 0.934. The normalized spacial score (nSPS) is 17.2. The van der Waals surface area contributed by atoms with E-state index in [4.69, 9.17) is 9.47 Å². The molecule has 1 aliphatic rings. The predicted molar refractivity (Wildman–Crippen MR) is 77.5 cm³/mol. The van der Waals surface area contributed by atoms with E-state index in [2.05, 4.69) is 21.1 Å². The van der Waals surface area contributed by atoms with Gasteiger partial charge >= 0.3 is 0 Å². The second-order valence-corrected chi connectivity index (χ2v) is 4.99. The van der Waals surface area contributed by atoms with E-state index in [-0.39, 0.29) is 6.04 Å². The van der Waals surface area contributed by atoms with Gasteiger partial charge in [0.05, 0.1) is 26.0 Å². The Labute approximate surface area is 118 Å². The molecular weight excluding hydrogens is 254 g/mol. The summed E-state index contributed by atoms with van der Waals surface area (Å²) in [5.41, 5.74) is 2.14. The molecule has 2 aromatic rings. The Balaban J connectivity index is 1.93. The van der Waals surface area contributed by atoms with Crippen LogP contribution >= 0.6 is 0 Å². The molecule has 3 rings (SSSR count). The number of rotatable bonds is 3. The SMILES string of the molecule is COc1ccc(OC)c(C2CCn3cc(C)nc3N2)c1. The molecule has 0 fully saturated rings. The van der Waals surface area contributed by atoms with Gasteiger partial charge in [0.2, 0.25) is 5.95 Å². The lowest BCUT2D eigenvalue weighted by Crippen LogP contribution is -2.22. The van der Waals surface area contributed by atoms with Crippen LogP contribution in [0.15, 0.2) is 24.4 Å². The van der Waals surface area contributed by atoms with Crippen molar-refractivity contribution >= 4 is 5.95 Å². The highest BCUT2D eigenvalue weighted by Gasteiger charge is 2.23. The van der Waals surface area contributed by atoms with Crippen molar-refractivity contribution in [2.24, 2.45) is 0 Å². The number of fused-ring (bicyclic) bond motifs is 1. The summed E-state index contributed by atoms with van der Waals surface area (Å²) >= 11 is 0. The molecule has 1 aromatic heterocycles. The fourth-order valence-corrected chi connectivity index (χ4v) is 2.67. The molecule has 0 amide bonds. The van der Waals surface area contributed by atoms with Gasteiger partial charge in [0.15, 0.2) is 0 Å². The second-order valence-electron chi connectivity index (χ2n) is 4.99. The van der Waals surface area contributed by atoms with E-state index < -0.39 is 0 Å². The van der Waals surface area contributed by atoms with Gasteiger partial charge in [-0.05, 0) is 31.5 Å². The van der Waals surface area contributed by atoms with Crippen LogP contribution in [0.2, 0.25) is 0 Å². The molecule has 0 radical (unpaired) electrons. The highest BCUT2D eigenvalue weighted by Crippen LogP contribution is 2.35. The molecule has 2 heterocycles. The number of aryl methyl sites for hydroxylation is 2. The van der Waals surface area contributed by atoms with Crippen molar-refractivity contribution in [3.63, 3.8) is 0 Å². The molecule has 0 bridgehead atoms. The standard InChI is InChI=1S/C15H19N3O2/c1-10-9-18-7-6-13(17-15(18)16-10)12-8-11(19-2)4-5-14(12)20-3/h4-5,8-9,13H,6-7H2,1-3H3,(H,16,17). The highest BCUT2D eigenvalue weighted by atomic mass is 16.5. The van der Waals surface area contributed by atoms with Crippen molar-refractivity contribution in [2.45, 2.75) is 25.9 Å². The monoisotopic (exact) mass is 273 g/mol. The van der Waals surface area contributed by atoms with Gasteiger partial charge in [-0.2, -0.15) is 0 Å². The minimum Gasteiger partial charge on any atom is -0.497 e. The zero-order chi connectivity index (χ0) is 14.1. The minimum atomic E-state index is 0.189. The molecule has 5 heteroatoms. The molecule has 1 aliphatic heterocycles. The molecule has 106 valence electrons. The third kappa shape index (κ3) is 2.19. The molecule has 1 aromatic carbocycles. The molecule has 1 N–H and O–H groups in total. The predicted octanol–water partition coefficient (Wildman–Crippen LogP) is 2.77. The van der Waals surface area contributed by atoms with Crippen molar-refractivity contribution in [2.75, 3.05) is 19.5 Å². The molecule has 20 heavy (non-hydrogen) atoms. The molecule has 1 unspecified atom stereocenters. The molecule has 0 aliphatic carbocycles. The van der Waals surface area contributed by atoms with E-state index in [0.29, 0.717) is 0 Å². The van der Waals surface area contributed by atoms with Gasteiger partial charge < -0.3 is 19.4 Å². The molecule has 0 saturated heterocycles. The van der Waals surface area contributed by atoms with Crippen molar-refractivity contribution in [3.8, 4) is 11.5 Å². The first kappa shape index (κ1) is 12.8. The van der Waals surface area contributed by atoms with Crippen LogP contribution < -0.4 is 14.8 Å². The molecule has 5 nitrogen and oxygen atoms in total. The van der Waals surface area contributed by atoms with E-state index in [9.17, 15) is 0 Å². The Kier molecular flexibility index (Phi) is 3.26. The summed E-state index contributed by atoms with van der Waals surface area (Å²) < 4.78 is 12.9. The number of hydrogen-bond donors (Lipinski definition) is 1. The number of aromatic nitrogens is 2. The van der Waals surface area contributed by atoms with Gasteiger partial charge in [-0.1, -0.05) is 0 Å². The molecule has 1 atom stereocenters. The number of nitrogens with zero attached hydrogens (tertiary/aromatic N) is 2. The zero-order valence-electron chi connectivity index (χ0n) is 12.0. The summed E-state index contributed by atoms with van der Waals surface area (Å²) in [6, 6.07) is 6.08. The summed E-state index contributed by atoms with van der Waals surface area (Å²) in [4.78, 5) is 4.50. The number of benzene rings is 1. The first-order valence-electron chi connectivity index (χ1n) is 6.73. The lowest BCUT2D eigenvalue weighted by atomic mass is 10.0. The van der Waals surface area contributed by atoms with Crippen molar-refractivity contribution in [1.29, 1.82) is 0 Å². The summed E-state index contributed by atoms with van der Waals surface area (Å²) in [7, 11) is 3.37. The van der Waals surface area contributed by atoms with Crippen molar-refractivity contribution in [1.82, 2.24) is 9.55 Å². The maximum absolute atomic E-state index is 5.47. The van der Waals surface area contributed by atoms with Crippen LogP contribution in [-0.2, 0) is 6.54 Å². The largest absolute Gasteiger partial charge is 0.497 e. The van der Waals surface area contributed by atoms with E-state index in [1.54, 1.807) is 14.2 Å². The van der Waals surface area contributed by atoms with Crippen LogP contribution in [0.5, 0.6) is 11.5 Å². The van der Waals surface area contributed by atoms with Crippen LogP contribution in [0.4, 0.5) is 5.95 Å². The summed E-state index contributed by atoms with van der Waals surface area (Å²) in [5, 5.41) is 3.48. The first-order chi connectivity index (χ1) is 9.71. The Morgan fingerprint density at radius 3 is 2.90 bits per heavy atom. The third-order valence-corrected chi connectivity index (χ3v) is 3.67. The van der Waals surface area contributed by atoms with E-state index in [1.807, 2.05) is 25.1 Å². The summed E-state index contributed by atoms with van der Waals surface area (Å²) in [5.74, 6) is 2.64. The Hall–Kier alpha value is -2.17. The van der Waals surface area contributed by atoms with Gasteiger partial charge in [0.25, 0.3) is 0 Å².